The normalized spacial score (nSPS) is 18.9. The van der Waals surface area contributed by atoms with Gasteiger partial charge in [-0.2, -0.15) is 0 Å². The highest BCUT2D eigenvalue weighted by molar-refractivity contribution is 5.96. The maximum absolute atomic E-state index is 11.6. The van der Waals surface area contributed by atoms with Gasteiger partial charge in [-0.15, -0.1) is 0 Å². The van der Waals surface area contributed by atoms with Crippen LogP contribution >= 0.6 is 0 Å². The first-order valence-corrected chi connectivity index (χ1v) is 6.89. The Labute approximate surface area is 115 Å². The molecule has 19 heavy (non-hydrogen) atoms. The number of hydrogen-bond donors (Lipinski definition) is 2. The fourth-order valence-electron chi connectivity index (χ4n) is 2.68. The van der Waals surface area contributed by atoms with Crippen molar-refractivity contribution in [1.82, 2.24) is 5.32 Å². The van der Waals surface area contributed by atoms with Crippen LogP contribution in [0, 0.1) is 11.8 Å². The van der Waals surface area contributed by atoms with E-state index < -0.39 is 0 Å². The number of nitrogen functional groups attached to an aromatic ring is 1. The molecule has 1 unspecified atom stereocenters. The molecule has 4 nitrogen and oxygen atoms in total. The fraction of sp³-hybridized carbons (Fsp3) is 0.533. The monoisotopic (exact) mass is 261 g/mol. The highest BCUT2D eigenvalue weighted by Crippen LogP contribution is 2.32. The van der Waals surface area contributed by atoms with Crippen LogP contribution in [-0.2, 0) is 0 Å². The van der Waals surface area contributed by atoms with E-state index in [9.17, 15) is 4.79 Å². The second-order valence-corrected chi connectivity index (χ2v) is 5.59. The topological polar surface area (TPSA) is 58.4 Å². The van der Waals surface area contributed by atoms with E-state index in [1.807, 2.05) is 12.1 Å². The summed E-state index contributed by atoms with van der Waals surface area (Å²) >= 11 is 0. The fourth-order valence-corrected chi connectivity index (χ4v) is 2.68. The van der Waals surface area contributed by atoms with Crippen LogP contribution in [-0.4, -0.2) is 26.0 Å². The third-order valence-electron chi connectivity index (χ3n) is 4.02. The third-order valence-corrected chi connectivity index (χ3v) is 4.02. The van der Waals surface area contributed by atoms with Crippen molar-refractivity contribution in [3.8, 4) is 0 Å². The lowest BCUT2D eigenvalue weighted by molar-refractivity contribution is 0.0963. The number of amides is 1. The second-order valence-electron chi connectivity index (χ2n) is 5.59. The maximum Gasteiger partial charge on any atom is 0.251 e. The molecule has 2 rings (SSSR count). The summed E-state index contributed by atoms with van der Waals surface area (Å²) in [6.07, 6.45) is 1.22. The number of benzene rings is 1. The third kappa shape index (κ3) is 2.83. The molecule has 1 aromatic carbocycles. The first kappa shape index (κ1) is 13.7. The molecular weight excluding hydrogens is 238 g/mol. The van der Waals surface area contributed by atoms with E-state index in [1.54, 1.807) is 13.1 Å². The molecule has 0 saturated carbocycles. The zero-order valence-corrected chi connectivity index (χ0v) is 11.9. The summed E-state index contributed by atoms with van der Waals surface area (Å²) < 4.78 is 0. The van der Waals surface area contributed by atoms with Crippen molar-refractivity contribution in [2.75, 3.05) is 30.8 Å². The first-order valence-electron chi connectivity index (χ1n) is 6.89. The summed E-state index contributed by atoms with van der Waals surface area (Å²) in [6.45, 7) is 6.64. The van der Waals surface area contributed by atoms with Crippen LogP contribution in [0.2, 0.25) is 0 Å². The molecule has 1 aromatic rings. The lowest BCUT2D eigenvalue weighted by Crippen LogP contribution is -2.23. The predicted molar refractivity (Wildman–Crippen MR) is 79.4 cm³/mol. The van der Waals surface area contributed by atoms with E-state index in [4.69, 9.17) is 5.73 Å². The molecule has 0 aromatic heterocycles. The average Bonchev–Trinajstić information content (AvgIpc) is 2.87. The second kappa shape index (κ2) is 5.51. The molecule has 1 aliphatic heterocycles. The lowest BCUT2D eigenvalue weighted by Gasteiger charge is -2.22. The number of nitrogens with zero attached hydrogens (tertiary/aromatic N) is 1. The van der Waals surface area contributed by atoms with Crippen molar-refractivity contribution in [2.24, 2.45) is 11.8 Å². The average molecular weight is 261 g/mol. The van der Waals surface area contributed by atoms with E-state index in [1.165, 1.54) is 6.42 Å². The lowest BCUT2D eigenvalue weighted by atomic mass is 9.95. The number of hydrogen-bond acceptors (Lipinski definition) is 3. The number of carbonyl (C=O) groups excluding carboxylic acids is 1. The molecule has 1 aliphatic rings. The van der Waals surface area contributed by atoms with Crippen molar-refractivity contribution >= 4 is 17.3 Å². The summed E-state index contributed by atoms with van der Waals surface area (Å²) in [6, 6.07) is 5.56. The summed E-state index contributed by atoms with van der Waals surface area (Å²) in [5, 5.41) is 2.61. The maximum atomic E-state index is 11.6. The Bertz CT molecular complexity index is 470. The largest absolute Gasteiger partial charge is 0.397 e. The van der Waals surface area contributed by atoms with Gasteiger partial charge in [0, 0.05) is 25.7 Å². The minimum atomic E-state index is -0.0975. The van der Waals surface area contributed by atoms with Gasteiger partial charge in [-0.1, -0.05) is 13.8 Å². The van der Waals surface area contributed by atoms with Gasteiger partial charge in [0.1, 0.15) is 0 Å². The standard InChI is InChI=1S/C15H23N3O/c1-10(2)12-6-7-18(9-12)14-5-4-11(8-13(14)16)15(19)17-3/h4-5,8,10,12H,6-7,9,16H2,1-3H3,(H,17,19). The molecule has 1 atom stereocenters. The van der Waals surface area contributed by atoms with E-state index >= 15 is 0 Å². The van der Waals surface area contributed by atoms with E-state index in [-0.39, 0.29) is 5.91 Å². The number of nitrogens with two attached hydrogens (primary N) is 1. The number of anilines is 2. The van der Waals surface area contributed by atoms with Crippen LogP contribution in [0.3, 0.4) is 0 Å². The molecular formula is C15H23N3O. The van der Waals surface area contributed by atoms with Crippen molar-refractivity contribution in [3.63, 3.8) is 0 Å². The smallest absolute Gasteiger partial charge is 0.251 e. The van der Waals surface area contributed by atoms with Crippen LogP contribution < -0.4 is 16.0 Å². The molecule has 1 saturated heterocycles. The Morgan fingerprint density at radius 3 is 2.74 bits per heavy atom. The van der Waals surface area contributed by atoms with Crippen molar-refractivity contribution < 1.29 is 4.79 Å². The van der Waals surface area contributed by atoms with Gasteiger partial charge in [0.05, 0.1) is 11.4 Å². The van der Waals surface area contributed by atoms with Gasteiger partial charge in [-0.05, 0) is 36.5 Å². The molecule has 1 heterocycles. The molecule has 1 fully saturated rings. The van der Waals surface area contributed by atoms with E-state index in [0.717, 1.165) is 24.7 Å². The summed E-state index contributed by atoms with van der Waals surface area (Å²) in [5.41, 5.74) is 8.45. The molecule has 0 aliphatic carbocycles. The SMILES string of the molecule is CNC(=O)c1ccc(N2CCC(C(C)C)C2)c(N)c1. The molecule has 4 heteroatoms. The van der Waals surface area contributed by atoms with Crippen LogP contribution in [0.25, 0.3) is 0 Å². The Hall–Kier alpha value is -1.71. The van der Waals surface area contributed by atoms with E-state index in [2.05, 4.69) is 24.1 Å². The van der Waals surface area contributed by atoms with Gasteiger partial charge in [-0.25, -0.2) is 0 Å². The zero-order chi connectivity index (χ0) is 14.0. The van der Waals surface area contributed by atoms with Crippen LogP contribution in [0.1, 0.15) is 30.6 Å². The number of rotatable bonds is 3. The van der Waals surface area contributed by atoms with Crippen LogP contribution in [0.5, 0.6) is 0 Å². The quantitative estimate of drug-likeness (QED) is 0.819. The van der Waals surface area contributed by atoms with E-state index in [0.29, 0.717) is 17.2 Å². The Kier molecular flexibility index (Phi) is 3.98. The van der Waals surface area contributed by atoms with Crippen molar-refractivity contribution in [1.29, 1.82) is 0 Å². The van der Waals surface area contributed by atoms with Gasteiger partial charge in [-0.3, -0.25) is 4.79 Å². The van der Waals surface area contributed by atoms with Crippen LogP contribution in [0.4, 0.5) is 11.4 Å². The number of carbonyl (C=O) groups is 1. The highest BCUT2D eigenvalue weighted by Gasteiger charge is 2.26. The molecule has 1 amide bonds. The minimum Gasteiger partial charge on any atom is -0.397 e. The summed E-state index contributed by atoms with van der Waals surface area (Å²) in [4.78, 5) is 13.9. The van der Waals surface area contributed by atoms with Crippen molar-refractivity contribution in [2.45, 2.75) is 20.3 Å². The summed E-state index contributed by atoms with van der Waals surface area (Å²) in [7, 11) is 1.63. The number of nitrogens with one attached hydrogen (secondary N) is 1. The zero-order valence-electron chi connectivity index (χ0n) is 11.9. The van der Waals surface area contributed by atoms with Gasteiger partial charge >= 0.3 is 0 Å². The predicted octanol–water partition coefficient (Wildman–Crippen LogP) is 2.11. The molecule has 3 N–H and O–H groups in total. The van der Waals surface area contributed by atoms with Gasteiger partial charge in [0.15, 0.2) is 0 Å². The van der Waals surface area contributed by atoms with Crippen LogP contribution in [0.15, 0.2) is 18.2 Å². The van der Waals surface area contributed by atoms with Crippen molar-refractivity contribution in [3.05, 3.63) is 23.8 Å². The minimum absolute atomic E-state index is 0.0975. The molecule has 104 valence electrons. The molecule has 0 spiro atoms. The molecule has 0 bridgehead atoms. The Morgan fingerprint density at radius 2 is 2.21 bits per heavy atom. The van der Waals surface area contributed by atoms with Gasteiger partial charge < -0.3 is 16.0 Å². The molecule has 0 radical (unpaired) electrons. The van der Waals surface area contributed by atoms with Gasteiger partial charge in [0.2, 0.25) is 0 Å². The van der Waals surface area contributed by atoms with Gasteiger partial charge in [0.25, 0.3) is 5.91 Å². The Morgan fingerprint density at radius 1 is 1.47 bits per heavy atom. The highest BCUT2D eigenvalue weighted by atomic mass is 16.1. The first-order chi connectivity index (χ1) is 9.02. The Balaban J connectivity index is 2.16. The summed E-state index contributed by atoms with van der Waals surface area (Å²) in [5.74, 6) is 1.34.